The third-order valence-electron chi connectivity index (χ3n) is 6.51. The summed E-state index contributed by atoms with van der Waals surface area (Å²) < 4.78 is 14.9. The van der Waals surface area contributed by atoms with Crippen LogP contribution in [0.15, 0.2) is 42.2 Å². The van der Waals surface area contributed by atoms with Gasteiger partial charge in [-0.15, -0.1) is 0 Å². The highest BCUT2D eigenvalue weighted by Crippen LogP contribution is 2.39. The second kappa shape index (κ2) is 8.63. The van der Waals surface area contributed by atoms with Crippen LogP contribution in [0.25, 0.3) is 6.20 Å². The molecule has 0 amide bonds. The van der Waals surface area contributed by atoms with Crippen molar-refractivity contribution in [3.05, 3.63) is 59.7 Å². The molecule has 0 spiro atoms. The second-order valence-corrected chi connectivity index (χ2v) is 8.42. The fourth-order valence-corrected chi connectivity index (χ4v) is 4.47. The molecular formula is C23H27FN4O3. The molecule has 7 nitrogen and oxygen atoms in total. The number of aromatic nitrogens is 2. The molecule has 0 radical (unpaired) electrons. The second-order valence-electron chi connectivity index (χ2n) is 8.42. The molecule has 0 aliphatic carbocycles. The Balaban J connectivity index is 1.36. The van der Waals surface area contributed by atoms with Crippen LogP contribution in [0.3, 0.4) is 0 Å². The number of piperidine rings is 1. The normalized spacial score (nSPS) is 20.8. The van der Waals surface area contributed by atoms with Crippen molar-refractivity contribution in [2.45, 2.75) is 45.3 Å². The van der Waals surface area contributed by atoms with Gasteiger partial charge in [0.1, 0.15) is 11.9 Å². The van der Waals surface area contributed by atoms with Gasteiger partial charge in [0, 0.05) is 36.8 Å². The number of carbonyl (C=O) groups is 1. The molecular weight excluding hydrogens is 399 g/mol. The quantitative estimate of drug-likeness (QED) is 0.731. The fourth-order valence-electron chi connectivity index (χ4n) is 4.47. The molecule has 4 rings (SSSR count). The molecule has 1 N–H and O–H groups in total. The van der Waals surface area contributed by atoms with E-state index >= 15 is 0 Å². The van der Waals surface area contributed by atoms with Crippen molar-refractivity contribution < 1.29 is 19.1 Å². The Hall–Kier alpha value is -3.00. The number of benzene rings is 1. The van der Waals surface area contributed by atoms with Crippen LogP contribution >= 0.6 is 0 Å². The minimum atomic E-state index is -0.824. The van der Waals surface area contributed by atoms with Gasteiger partial charge in [0.05, 0.1) is 17.3 Å². The van der Waals surface area contributed by atoms with Crippen LogP contribution in [0.2, 0.25) is 0 Å². The number of likely N-dealkylation sites (tertiary alicyclic amines) is 1. The molecule has 1 aromatic heterocycles. The molecule has 0 saturated carbocycles. The van der Waals surface area contributed by atoms with Crippen LogP contribution in [0.4, 0.5) is 4.39 Å². The minimum Gasteiger partial charge on any atom is -0.481 e. The van der Waals surface area contributed by atoms with Gasteiger partial charge in [-0.05, 0) is 50.6 Å². The SMILES string of the molecule is C=Cn1ncc(CN2CCC(CC3CC(c4ccc(F)cc4)=NO3)(C(=O)O)CC2)c1C. The largest absolute Gasteiger partial charge is 0.481 e. The number of nitrogens with zero attached hydrogens (tertiary/aromatic N) is 4. The lowest BCUT2D eigenvalue weighted by Gasteiger charge is -2.39. The summed E-state index contributed by atoms with van der Waals surface area (Å²) in [6.45, 7) is 7.90. The van der Waals surface area contributed by atoms with Crippen LogP contribution < -0.4 is 0 Å². The molecule has 1 fully saturated rings. The Labute approximate surface area is 180 Å². The lowest BCUT2D eigenvalue weighted by Crippen LogP contribution is -2.45. The van der Waals surface area contributed by atoms with E-state index in [4.69, 9.17) is 4.84 Å². The van der Waals surface area contributed by atoms with Gasteiger partial charge in [0.25, 0.3) is 0 Å². The molecule has 2 aliphatic heterocycles. The predicted molar refractivity (Wildman–Crippen MR) is 115 cm³/mol. The number of oxime groups is 1. The predicted octanol–water partition coefficient (Wildman–Crippen LogP) is 3.68. The van der Waals surface area contributed by atoms with Crippen molar-refractivity contribution in [3.63, 3.8) is 0 Å². The Morgan fingerprint density at radius 2 is 2.06 bits per heavy atom. The van der Waals surface area contributed by atoms with Crippen molar-refractivity contribution in [3.8, 4) is 0 Å². The number of rotatable bonds is 7. The van der Waals surface area contributed by atoms with Gasteiger partial charge < -0.3 is 9.94 Å². The highest BCUT2D eigenvalue weighted by molar-refractivity contribution is 6.01. The summed E-state index contributed by atoms with van der Waals surface area (Å²) in [7, 11) is 0. The molecule has 31 heavy (non-hydrogen) atoms. The number of hydrogen-bond donors (Lipinski definition) is 1. The van der Waals surface area contributed by atoms with E-state index < -0.39 is 11.4 Å². The van der Waals surface area contributed by atoms with E-state index in [0.717, 1.165) is 29.1 Å². The van der Waals surface area contributed by atoms with Gasteiger partial charge in [-0.25, -0.2) is 9.07 Å². The zero-order chi connectivity index (χ0) is 22.0. The number of halogens is 1. The molecule has 164 valence electrons. The van der Waals surface area contributed by atoms with Crippen molar-refractivity contribution in [2.24, 2.45) is 10.6 Å². The van der Waals surface area contributed by atoms with Gasteiger partial charge in [-0.2, -0.15) is 5.10 Å². The van der Waals surface area contributed by atoms with Crippen LogP contribution in [0, 0.1) is 18.2 Å². The van der Waals surface area contributed by atoms with Gasteiger partial charge in [0.15, 0.2) is 0 Å². The number of carboxylic acids is 1. The first-order valence-electron chi connectivity index (χ1n) is 10.5. The summed E-state index contributed by atoms with van der Waals surface area (Å²) in [5, 5.41) is 18.5. The van der Waals surface area contributed by atoms with Gasteiger partial charge >= 0.3 is 5.97 Å². The molecule has 1 saturated heterocycles. The molecule has 8 heteroatoms. The number of hydrogen-bond acceptors (Lipinski definition) is 5. The van der Waals surface area contributed by atoms with E-state index in [1.54, 1.807) is 23.0 Å². The zero-order valence-corrected chi connectivity index (χ0v) is 17.6. The van der Waals surface area contributed by atoms with E-state index in [1.165, 1.54) is 12.1 Å². The Morgan fingerprint density at radius 1 is 1.35 bits per heavy atom. The molecule has 1 atom stereocenters. The number of aliphatic carboxylic acids is 1. The molecule has 2 aliphatic rings. The monoisotopic (exact) mass is 426 g/mol. The summed E-state index contributed by atoms with van der Waals surface area (Å²) in [6, 6.07) is 6.12. The van der Waals surface area contributed by atoms with E-state index in [0.29, 0.717) is 38.8 Å². The Kier molecular flexibility index (Phi) is 5.91. The average molecular weight is 426 g/mol. The first-order chi connectivity index (χ1) is 14.9. The van der Waals surface area contributed by atoms with Gasteiger partial charge in [0.2, 0.25) is 0 Å². The van der Waals surface area contributed by atoms with E-state index in [1.807, 2.05) is 13.1 Å². The fraction of sp³-hybridized carbons (Fsp3) is 0.435. The van der Waals surface area contributed by atoms with Crippen LogP contribution in [0.1, 0.15) is 42.5 Å². The first kappa shape index (κ1) is 21.2. The molecule has 1 aromatic carbocycles. The Bertz CT molecular complexity index is 991. The molecule has 2 aromatic rings. The van der Waals surface area contributed by atoms with Gasteiger partial charge in [-0.1, -0.05) is 23.9 Å². The number of carboxylic acid groups (broad SMARTS) is 1. The highest BCUT2D eigenvalue weighted by Gasteiger charge is 2.45. The lowest BCUT2D eigenvalue weighted by molar-refractivity contribution is -0.155. The smallest absolute Gasteiger partial charge is 0.309 e. The maximum atomic E-state index is 13.2. The van der Waals surface area contributed by atoms with E-state index in [2.05, 4.69) is 21.7 Å². The van der Waals surface area contributed by atoms with Gasteiger partial charge in [-0.3, -0.25) is 9.69 Å². The topological polar surface area (TPSA) is 80.0 Å². The van der Waals surface area contributed by atoms with Crippen molar-refractivity contribution in [1.29, 1.82) is 0 Å². The highest BCUT2D eigenvalue weighted by atomic mass is 19.1. The summed E-state index contributed by atoms with van der Waals surface area (Å²) in [5.74, 6) is -1.08. The maximum Gasteiger partial charge on any atom is 0.309 e. The lowest BCUT2D eigenvalue weighted by atomic mass is 9.73. The van der Waals surface area contributed by atoms with Crippen molar-refractivity contribution in [1.82, 2.24) is 14.7 Å². The summed E-state index contributed by atoms with van der Waals surface area (Å²) >= 11 is 0. The van der Waals surface area contributed by atoms with Crippen LogP contribution in [-0.2, 0) is 16.2 Å². The van der Waals surface area contributed by atoms with Crippen LogP contribution in [0.5, 0.6) is 0 Å². The summed E-state index contributed by atoms with van der Waals surface area (Å²) in [6.07, 6.45) is 5.30. The molecule has 0 bridgehead atoms. The maximum absolute atomic E-state index is 13.2. The molecule has 3 heterocycles. The molecule has 1 unspecified atom stereocenters. The minimum absolute atomic E-state index is 0.282. The summed E-state index contributed by atoms with van der Waals surface area (Å²) in [4.78, 5) is 20.1. The third kappa shape index (κ3) is 4.39. The standard InChI is InChI=1S/C23H27FN4O3/c1-3-28-16(2)18(14-25-28)15-27-10-8-23(9-11-27,22(29)30)13-20-12-21(26-31-20)17-4-6-19(24)7-5-17/h3-7,14,20H,1,8-13,15H2,2H3,(H,29,30). The van der Waals surface area contributed by atoms with Crippen molar-refractivity contribution >= 4 is 17.9 Å². The third-order valence-corrected chi connectivity index (χ3v) is 6.51. The van der Waals surface area contributed by atoms with E-state index in [-0.39, 0.29) is 11.9 Å². The first-order valence-corrected chi connectivity index (χ1v) is 10.5. The summed E-state index contributed by atoms with van der Waals surface area (Å²) in [5.41, 5.74) is 2.89. The van der Waals surface area contributed by atoms with Crippen LogP contribution in [-0.4, -0.2) is 50.7 Å². The van der Waals surface area contributed by atoms with Crippen molar-refractivity contribution in [2.75, 3.05) is 13.1 Å². The average Bonchev–Trinajstić information content (AvgIpc) is 3.36. The Morgan fingerprint density at radius 3 is 2.68 bits per heavy atom. The van der Waals surface area contributed by atoms with E-state index in [9.17, 15) is 14.3 Å². The zero-order valence-electron chi connectivity index (χ0n) is 17.6.